The first-order valence-electron chi connectivity index (χ1n) is 5.15. The maximum atomic E-state index is 13.0. The van der Waals surface area contributed by atoms with E-state index in [-0.39, 0.29) is 11.7 Å². The Balaban J connectivity index is 2.68. The highest BCUT2D eigenvalue weighted by Crippen LogP contribution is 2.20. The van der Waals surface area contributed by atoms with E-state index in [0.717, 1.165) is 0 Å². The molecule has 0 fully saturated rings. The molecule has 0 amide bonds. The van der Waals surface area contributed by atoms with Crippen molar-refractivity contribution in [3.05, 3.63) is 34.6 Å². The average molecular weight is 247 g/mol. The van der Waals surface area contributed by atoms with E-state index in [9.17, 15) is 9.50 Å². The lowest BCUT2D eigenvalue weighted by Gasteiger charge is -2.18. The van der Waals surface area contributed by atoms with E-state index in [0.29, 0.717) is 23.6 Å². The van der Waals surface area contributed by atoms with Gasteiger partial charge in [-0.3, -0.25) is 0 Å². The molecule has 16 heavy (non-hydrogen) atoms. The Hall–Kier alpha value is -0.640. The number of aliphatic hydroxyl groups excluding tert-OH is 1. The molecule has 1 N–H and O–H groups in total. The maximum absolute atomic E-state index is 13.0. The van der Waals surface area contributed by atoms with Crippen molar-refractivity contribution in [3.8, 4) is 0 Å². The number of hydrogen-bond donors (Lipinski definition) is 1. The molecule has 1 aromatic rings. The van der Waals surface area contributed by atoms with Gasteiger partial charge in [0.15, 0.2) is 0 Å². The standard InChI is InChI=1S/C12H16ClFO2/c1-8(7-16-2)12(15)6-9-5-10(14)3-4-11(9)13/h3-5,8,12,15H,6-7H2,1-2H3. The molecule has 1 aromatic carbocycles. The van der Waals surface area contributed by atoms with Gasteiger partial charge in [-0.05, 0) is 23.8 Å². The Bertz CT molecular complexity index is 344. The van der Waals surface area contributed by atoms with Gasteiger partial charge in [-0.25, -0.2) is 4.39 Å². The zero-order chi connectivity index (χ0) is 12.1. The first-order chi connectivity index (χ1) is 7.54. The average Bonchev–Trinajstić information content (AvgIpc) is 2.23. The zero-order valence-electron chi connectivity index (χ0n) is 9.41. The van der Waals surface area contributed by atoms with Crippen LogP contribution in [0.5, 0.6) is 0 Å². The summed E-state index contributed by atoms with van der Waals surface area (Å²) in [6, 6.07) is 4.15. The molecule has 0 heterocycles. The van der Waals surface area contributed by atoms with Gasteiger partial charge in [0.1, 0.15) is 5.82 Å². The molecule has 2 atom stereocenters. The van der Waals surface area contributed by atoms with Gasteiger partial charge < -0.3 is 9.84 Å². The zero-order valence-corrected chi connectivity index (χ0v) is 10.2. The minimum Gasteiger partial charge on any atom is -0.392 e. The van der Waals surface area contributed by atoms with Crippen molar-refractivity contribution >= 4 is 11.6 Å². The van der Waals surface area contributed by atoms with Crippen LogP contribution in [0.3, 0.4) is 0 Å². The summed E-state index contributed by atoms with van der Waals surface area (Å²) in [6.07, 6.45) is -0.250. The predicted octanol–water partition coefficient (Wildman–Crippen LogP) is 2.67. The highest BCUT2D eigenvalue weighted by Gasteiger charge is 2.16. The Kier molecular flexibility index (Phi) is 5.19. The van der Waals surface area contributed by atoms with Gasteiger partial charge in [0.2, 0.25) is 0 Å². The lowest BCUT2D eigenvalue weighted by Crippen LogP contribution is -2.24. The molecule has 2 nitrogen and oxygen atoms in total. The van der Waals surface area contributed by atoms with Gasteiger partial charge in [0.05, 0.1) is 12.7 Å². The largest absolute Gasteiger partial charge is 0.392 e. The second-order valence-electron chi connectivity index (χ2n) is 3.94. The predicted molar refractivity (Wildman–Crippen MR) is 62.2 cm³/mol. The molecular weight excluding hydrogens is 231 g/mol. The fourth-order valence-corrected chi connectivity index (χ4v) is 1.69. The molecule has 0 spiro atoms. The molecule has 0 radical (unpaired) electrons. The van der Waals surface area contributed by atoms with Crippen molar-refractivity contribution in [1.29, 1.82) is 0 Å². The van der Waals surface area contributed by atoms with Crippen LogP contribution in [0.2, 0.25) is 5.02 Å². The van der Waals surface area contributed by atoms with Crippen LogP contribution >= 0.6 is 11.6 Å². The monoisotopic (exact) mass is 246 g/mol. The molecule has 0 aromatic heterocycles. The van der Waals surface area contributed by atoms with Crippen LogP contribution in [-0.4, -0.2) is 24.9 Å². The molecule has 0 saturated carbocycles. The third-order valence-electron chi connectivity index (χ3n) is 2.52. The Labute approximate surface area is 100.0 Å². The third kappa shape index (κ3) is 3.74. The van der Waals surface area contributed by atoms with Crippen LogP contribution in [-0.2, 0) is 11.2 Å². The van der Waals surface area contributed by atoms with Gasteiger partial charge >= 0.3 is 0 Å². The van der Waals surface area contributed by atoms with Crippen LogP contribution < -0.4 is 0 Å². The number of aliphatic hydroxyl groups is 1. The van der Waals surface area contributed by atoms with Gasteiger partial charge in [-0.15, -0.1) is 0 Å². The SMILES string of the molecule is COCC(C)C(O)Cc1cc(F)ccc1Cl. The van der Waals surface area contributed by atoms with Crippen LogP contribution in [0.1, 0.15) is 12.5 Å². The highest BCUT2D eigenvalue weighted by atomic mass is 35.5. The van der Waals surface area contributed by atoms with Crippen molar-refractivity contribution < 1.29 is 14.2 Å². The van der Waals surface area contributed by atoms with Crippen LogP contribution in [0, 0.1) is 11.7 Å². The quantitative estimate of drug-likeness (QED) is 0.866. The van der Waals surface area contributed by atoms with E-state index in [1.807, 2.05) is 6.92 Å². The van der Waals surface area contributed by atoms with E-state index in [2.05, 4.69) is 0 Å². The Morgan fingerprint density at radius 2 is 2.19 bits per heavy atom. The number of benzene rings is 1. The van der Waals surface area contributed by atoms with E-state index < -0.39 is 6.10 Å². The summed E-state index contributed by atoms with van der Waals surface area (Å²) in [4.78, 5) is 0. The molecule has 0 aliphatic heterocycles. The molecule has 0 saturated heterocycles. The number of halogens is 2. The molecule has 90 valence electrons. The summed E-state index contributed by atoms with van der Waals surface area (Å²) in [5, 5.41) is 10.3. The van der Waals surface area contributed by atoms with E-state index in [1.165, 1.54) is 18.2 Å². The summed E-state index contributed by atoms with van der Waals surface area (Å²) >= 11 is 5.91. The maximum Gasteiger partial charge on any atom is 0.123 e. The van der Waals surface area contributed by atoms with Gasteiger partial charge in [-0.1, -0.05) is 18.5 Å². The minimum absolute atomic E-state index is 0.00988. The van der Waals surface area contributed by atoms with E-state index >= 15 is 0 Å². The smallest absolute Gasteiger partial charge is 0.123 e. The van der Waals surface area contributed by atoms with Crippen molar-refractivity contribution in [2.24, 2.45) is 5.92 Å². The van der Waals surface area contributed by atoms with Crippen molar-refractivity contribution in [2.75, 3.05) is 13.7 Å². The summed E-state index contributed by atoms with van der Waals surface area (Å²) in [5.74, 6) is -0.352. The second kappa shape index (κ2) is 6.18. The fourth-order valence-electron chi connectivity index (χ4n) is 1.50. The number of ether oxygens (including phenoxy) is 1. The van der Waals surface area contributed by atoms with E-state index in [1.54, 1.807) is 7.11 Å². The van der Waals surface area contributed by atoms with Crippen molar-refractivity contribution in [1.82, 2.24) is 0 Å². The summed E-state index contributed by atoms with van der Waals surface area (Å²) in [5.41, 5.74) is 0.622. The molecule has 0 aliphatic rings. The van der Waals surface area contributed by atoms with Crippen LogP contribution in [0.15, 0.2) is 18.2 Å². The minimum atomic E-state index is -0.584. The van der Waals surface area contributed by atoms with Gasteiger partial charge in [0.25, 0.3) is 0 Å². The highest BCUT2D eigenvalue weighted by molar-refractivity contribution is 6.31. The fraction of sp³-hybridized carbons (Fsp3) is 0.500. The van der Waals surface area contributed by atoms with Gasteiger partial charge in [0, 0.05) is 24.5 Å². The van der Waals surface area contributed by atoms with Crippen LogP contribution in [0.25, 0.3) is 0 Å². The number of rotatable bonds is 5. The first kappa shape index (κ1) is 13.4. The van der Waals surface area contributed by atoms with Crippen LogP contribution in [0.4, 0.5) is 4.39 Å². The molecule has 0 aliphatic carbocycles. The molecule has 0 bridgehead atoms. The Morgan fingerprint density at radius 1 is 1.50 bits per heavy atom. The van der Waals surface area contributed by atoms with Crippen molar-refractivity contribution in [3.63, 3.8) is 0 Å². The summed E-state index contributed by atoms with van der Waals surface area (Å²) < 4.78 is 17.9. The molecular formula is C12H16ClFO2. The molecule has 4 heteroatoms. The number of methoxy groups -OCH3 is 1. The summed E-state index contributed by atoms with van der Waals surface area (Å²) in [6.45, 7) is 2.34. The van der Waals surface area contributed by atoms with Gasteiger partial charge in [-0.2, -0.15) is 0 Å². The lowest BCUT2D eigenvalue weighted by molar-refractivity contribution is 0.0574. The lowest BCUT2D eigenvalue weighted by atomic mass is 9.98. The number of hydrogen-bond acceptors (Lipinski definition) is 2. The summed E-state index contributed by atoms with van der Waals surface area (Å²) in [7, 11) is 1.58. The molecule has 1 rings (SSSR count). The first-order valence-corrected chi connectivity index (χ1v) is 5.53. The molecule has 2 unspecified atom stereocenters. The normalized spacial score (nSPS) is 14.8. The third-order valence-corrected chi connectivity index (χ3v) is 2.89. The van der Waals surface area contributed by atoms with Crippen molar-refractivity contribution in [2.45, 2.75) is 19.4 Å². The topological polar surface area (TPSA) is 29.5 Å². The van der Waals surface area contributed by atoms with E-state index in [4.69, 9.17) is 16.3 Å². The Morgan fingerprint density at radius 3 is 2.81 bits per heavy atom. The second-order valence-corrected chi connectivity index (χ2v) is 4.35.